The number of aryl methyl sites for hydroxylation is 2. The fraction of sp³-hybridized carbons (Fsp3) is 0.333. The third kappa shape index (κ3) is 5.17. The number of anilines is 2. The first-order chi connectivity index (χ1) is 15.9. The van der Waals surface area contributed by atoms with Crippen molar-refractivity contribution in [1.82, 2.24) is 9.97 Å². The topological polar surface area (TPSA) is 84.4 Å². The zero-order valence-electron chi connectivity index (χ0n) is 18.7. The van der Waals surface area contributed by atoms with Gasteiger partial charge >= 0.3 is 5.97 Å². The fourth-order valence-electron chi connectivity index (χ4n) is 4.00. The number of halogens is 1. The molecule has 0 saturated carbocycles. The summed E-state index contributed by atoms with van der Waals surface area (Å²) in [6, 6.07) is 9.16. The van der Waals surface area contributed by atoms with Gasteiger partial charge in [0.2, 0.25) is 11.9 Å². The molecule has 2 aromatic heterocycles. The summed E-state index contributed by atoms with van der Waals surface area (Å²) in [7, 11) is 1.34. The van der Waals surface area contributed by atoms with Gasteiger partial charge in [0, 0.05) is 46.4 Å². The van der Waals surface area contributed by atoms with Gasteiger partial charge in [0.05, 0.1) is 7.11 Å². The highest BCUT2D eigenvalue weighted by Crippen LogP contribution is 2.37. The second-order valence-electron chi connectivity index (χ2n) is 8.05. The number of ether oxygens (including phenoxy) is 1. The van der Waals surface area contributed by atoms with Gasteiger partial charge in [0.1, 0.15) is 10.6 Å². The van der Waals surface area contributed by atoms with E-state index in [2.05, 4.69) is 20.2 Å². The molecule has 33 heavy (non-hydrogen) atoms. The lowest BCUT2D eigenvalue weighted by atomic mass is 9.96. The number of hydrogen-bond acceptors (Lipinski definition) is 7. The maximum absolute atomic E-state index is 13.0. The second-order valence-corrected chi connectivity index (χ2v) is 9.37. The van der Waals surface area contributed by atoms with Gasteiger partial charge in [-0.25, -0.2) is 14.8 Å². The normalized spacial score (nSPS) is 14.2. The molecule has 7 nitrogen and oxygen atoms in total. The Labute approximate surface area is 201 Å². The fourth-order valence-corrected chi connectivity index (χ4v) is 5.09. The number of amides is 1. The van der Waals surface area contributed by atoms with E-state index >= 15 is 0 Å². The van der Waals surface area contributed by atoms with Crippen LogP contribution in [0.25, 0.3) is 11.1 Å². The Hall–Kier alpha value is -2.97. The number of nitrogens with zero attached hydrogens (tertiary/aromatic N) is 3. The highest BCUT2D eigenvalue weighted by molar-refractivity contribution is 7.15. The minimum Gasteiger partial charge on any atom is -0.465 e. The molecule has 1 N–H and O–H groups in total. The van der Waals surface area contributed by atoms with Crippen LogP contribution in [-0.4, -0.2) is 42.0 Å². The molecule has 4 rings (SSSR count). The standard InChI is InChI=1S/C24H25ClN4O3S/c1-14-12-15(2)27-24(26-14)29-10-8-17(9-11-29)21(30)28-22-20(23(31)32-3)19(13-33-22)16-4-6-18(25)7-5-16/h4-7,12-13,17H,8-11H2,1-3H3,(H,28,30). The van der Waals surface area contributed by atoms with Gasteiger partial charge < -0.3 is 15.0 Å². The molecule has 1 aliphatic rings. The van der Waals surface area contributed by atoms with Crippen LogP contribution in [0.2, 0.25) is 5.02 Å². The van der Waals surface area contributed by atoms with E-state index in [1.165, 1.54) is 18.4 Å². The minimum atomic E-state index is -0.488. The molecule has 1 fully saturated rings. The van der Waals surface area contributed by atoms with Crippen molar-refractivity contribution >= 4 is 45.8 Å². The van der Waals surface area contributed by atoms with Crippen molar-refractivity contribution in [3.63, 3.8) is 0 Å². The van der Waals surface area contributed by atoms with Gasteiger partial charge in [0.25, 0.3) is 0 Å². The largest absolute Gasteiger partial charge is 0.465 e. The van der Waals surface area contributed by atoms with E-state index in [-0.39, 0.29) is 11.8 Å². The monoisotopic (exact) mass is 484 g/mol. The summed E-state index contributed by atoms with van der Waals surface area (Å²) >= 11 is 7.31. The number of carbonyl (C=O) groups excluding carboxylic acids is 2. The number of carbonyl (C=O) groups is 2. The minimum absolute atomic E-state index is 0.0920. The van der Waals surface area contributed by atoms with Gasteiger partial charge in [-0.2, -0.15) is 0 Å². The van der Waals surface area contributed by atoms with Crippen molar-refractivity contribution in [3.8, 4) is 11.1 Å². The molecule has 1 aromatic carbocycles. The van der Waals surface area contributed by atoms with Crippen LogP contribution in [0.15, 0.2) is 35.7 Å². The van der Waals surface area contributed by atoms with E-state index in [0.717, 1.165) is 17.0 Å². The molecule has 0 spiro atoms. The number of thiophene rings is 1. The average molecular weight is 485 g/mol. The molecule has 0 unspecified atom stereocenters. The number of aromatic nitrogens is 2. The van der Waals surface area contributed by atoms with Gasteiger partial charge in [-0.05, 0) is 50.5 Å². The summed E-state index contributed by atoms with van der Waals surface area (Å²) in [6.45, 7) is 5.31. The Bertz CT molecular complexity index is 1150. The molecule has 9 heteroatoms. The summed E-state index contributed by atoms with van der Waals surface area (Å²) in [5.74, 6) is -0.0205. The number of rotatable bonds is 5. The zero-order chi connectivity index (χ0) is 23.5. The molecule has 0 atom stereocenters. The van der Waals surface area contributed by atoms with Crippen molar-refractivity contribution in [2.75, 3.05) is 30.4 Å². The summed E-state index contributed by atoms with van der Waals surface area (Å²) in [5.41, 5.74) is 3.77. The van der Waals surface area contributed by atoms with Crippen LogP contribution < -0.4 is 10.2 Å². The Morgan fingerprint density at radius 3 is 2.36 bits per heavy atom. The summed E-state index contributed by atoms with van der Waals surface area (Å²) in [5, 5.41) is 5.93. The van der Waals surface area contributed by atoms with E-state index in [1.54, 1.807) is 12.1 Å². The number of esters is 1. The van der Waals surface area contributed by atoms with Gasteiger partial charge in [0.15, 0.2) is 0 Å². The lowest BCUT2D eigenvalue weighted by Gasteiger charge is -2.31. The van der Waals surface area contributed by atoms with Crippen LogP contribution in [0, 0.1) is 19.8 Å². The maximum atomic E-state index is 13.0. The number of piperidine rings is 1. The first-order valence-corrected chi connectivity index (χ1v) is 12.0. The summed E-state index contributed by atoms with van der Waals surface area (Å²) < 4.78 is 5.00. The summed E-state index contributed by atoms with van der Waals surface area (Å²) in [6.07, 6.45) is 1.37. The molecule has 0 bridgehead atoms. The third-order valence-electron chi connectivity index (χ3n) is 5.69. The Balaban J connectivity index is 1.47. The molecule has 0 aliphatic carbocycles. The van der Waals surface area contributed by atoms with E-state index in [0.29, 0.717) is 53.0 Å². The molecular weight excluding hydrogens is 460 g/mol. The van der Waals surface area contributed by atoms with Crippen molar-refractivity contribution in [2.45, 2.75) is 26.7 Å². The van der Waals surface area contributed by atoms with E-state index in [4.69, 9.17) is 16.3 Å². The van der Waals surface area contributed by atoms with Gasteiger partial charge in [-0.15, -0.1) is 11.3 Å². The Kier molecular flexibility index (Phi) is 6.95. The van der Waals surface area contributed by atoms with Gasteiger partial charge in [-0.3, -0.25) is 4.79 Å². The first-order valence-electron chi connectivity index (χ1n) is 10.7. The van der Waals surface area contributed by atoms with Gasteiger partial charge in [-0.1, -0.05) is 23.7 Å². The predicted octanol–water partition coefficient (Wildman–Crippen LogP) is 5.12. The molecule has 1 saturated heterocycles. The maximum Gasteiger partial charge on any atom is 0.341 e. The van der Waals surface area contributed by atoms with Crippen LogP contribution in [0.4, 0.5) is 10.9 Å². The van der Waals surface area contributed by atoms with E-state index < -0.39 is 5.97 Å². The molecule has 1 aliphatic heterocycles. The number of hydrogen-bond donors (Lipinski definition) is 1. The van der Waals surface area contributed by atoms with Crippen LogP contribution in [-0.2, 0) is 9.53 Å². The quantitative estimate of drug-likeness (QED) is 0.506. The lowest BCUT2D eigenvalue weighted by Crippen LogP contribution is -2.39. The van der Waals surface area contributed by atoms with Crippen molar-refractivity contribution in [1.29, 1.82) is 0 Å². The molecule has 3 aromatic rings. The third-order valence-corrected chi connectivity index (χ3v) is 6.84. The Morgan fingerprint density at radius 2 is 1.76 bits per heavy atom. The van der Waals surface area contributed by atoms with Crippen LogP contribution in [0.3, 0.4) is 0 Å². The molecule has 1 amide bonds. The second kappa shape index (κ2) is 9.89. The Morgan fingerprint density at radius 1 is 1.12 bits per heavy atom. The first kappa shape index (κ1) is 23.2. The number of methoxy groups -OCH3 is 1. The molecular formula is C24H25ClN4O3S. The zero-order valence-corrected chi connectivity index (χ0v) is 20.3. The summed E-state index contributed by atoms with van der Waals surface area (Å²) in [4.78, 5) is 36.8. The predicted molar refractivity (Wildman–Crippen MR) is 131 cm³/mol. The lowest BCUT2D eigenvalue weighted by molar-refractivity contribution is -0.120. The smallest absolute Gasteiger partial charge is 0.341 e. The van der Waals surface area contributed by atoms with Crippen LogP contribution in [0.5, 0.6) is 0 Å². The molecule has 172 valence electrons. The molecule has 0 radical (unpaired) electrons. The van der Waals surface area contributed by atoms with Crippen molar-refractivity contribution in [2.24, 2.45) is 5.92 Å². The highest BCUT2D eigenvalue weighted by Gasteiger charge is 2.29. The van der Waals surface area contributed by atoms with E-state index in [1.807, 2.05) is 37.4 Å². The number of nitrogens with one attached hydrogen (secondary N) is 1. The van der Waals surface area contributed by atoms with Crippen LogP contribution in [0.1, 0.15) is 34.6 Å². The molecule has 3 heterocycles. The highest BCUT2D eigenvalue weighted by atomic mass is 35.5. The van der Waals surface area contributed by atoms with Crippen LogP contribution >= 0.6 is 22.9 Å². The SMILES string of the molecule is COC(=O)c1c(-c2ccc(Cl)cc2)csc1NC(=O)C1CCN(c2nc(C)cc(C)n2)CC1. The van der Waals surface area contributed by atoms with E-state index in [9.17, 15) is 9.59 Å². The van der Waals surface area contributed by atoms with Crippen molar-refractivity contribution < 1.29 is 14.3 Å². The average Bonchev–Trinajstić information content (AvgIpc) is 3.22. The van der Waals surface area contributed by atoms with Crippen molar-refractivity contribution in [3.05, 3.63) is 57.7 Å². The number of benzene rings is 1.